The summed E-state index contributed by atoms with van der Waals surface area (Å²) in [7, 11) is 0. The Balaban J connectivity index is 2.13. The van der Waals surface area contributed by atoms with Crippen molar-refractivity contribution in [2.75, 3.05) is 0 Å². The first-order valence-corrected chi connectivity index (χ1v) is 6.71. The Kier molecular flexibility index (Phi) is 4.33. The number of Topliss-reactive ketones (excluding diaryl/α,β-unsaturated/α-hetero) is 1. The molecule has 0 saturated heterocycles. The number of aryl methyl sites for hydroxylation is 2. The predicted octanol–water partition coefficient (Wildman–Crippen LogP) is 4.03. The lowest BCUT2D eigenvalue weighted by Gasteiger charge is -2.04. The molecule has 0 spiro atoms. The van der Waals surface area contributed by atoms with Gasteiger partial charge in [-0.2, -0.15) is 0 Å². The number of benzene rings is 1. The summed E-state index contributed by atoms with van der Waals surface area (Å²) in [6.45, 7) is 3.98. The van der Waals surface area contributed by atoms with E-state index in [-0.39, 0.29) is 5.78 Å². The Hall–Kier alpha value is -1.67. The normalized spacial score (nSPS) is 10.5. The SMILES string of the molecule is CCc1ccc(CC(=O)c2ccc(Cl)c(C)c2)nc1. The van der Waals surface area contributed by atoms with E-state index in [1.54, 1.807) is 12.1 Å². The summed E-state index contributed by atoms with van der Waals surface area (Å²) in [6, 6.07) is 9.28. The topological polar surface area (TPSA) is 30.0 Å². The van der Waals surface area contributed by atoms with Crippen molar-refractivity contribution in [3.63, 3.8) is 0 Å². The van der Waals surface area contributed by atoms with Crippen molar-refractivity contribution in [2.45, 2.75) is 26.7 Å². The lowest BCUT2D eigenvalue weighted by Crippen LogP contribution is -2.05. The summed E-state index contributed by atoms with van der Waals surface area (Å²) in [5.41, 5.74) is 3.58. The monoisotopic (exact) mass is 273 g/mol. The van der Waals surface area contributed by atoms with Crippen LogP contribution in [0.2, 0.25) is 5.02 Å². The van der Waals surface area contributed by atoms with Gasteiger partial charge in [0.15, 0.2) is 5.78 Å². The zero-order chi connectivity index (χ0) is 13.8. The van der Waals surface area contributed by atoms with Crippen LogP contribution in [0.3, 0.4) is 0 Å². The number of carbonyl (C=O) groups is 1. The third-order valence-electron chi connectivity index (χ3n) is 3.12. The zero-order valence-corrected chi connectivity index (χ0v) is 11.9. The maximum Gasteiger partial charge on any atom is 0.168 e. The third-order valence-corrected chi connectivity index (χ3v) is 3.54. The van der Waals surface area contributed by atoms with E-state index < -0.39 is 0 Å². The number of ketones is 1. The van der Waals surface area contributed by atoms with Crippen molar-refractivity contribution in [2.24, 2.45) is 0 Å². The fourth-order valence-electron chi connectivity index (χ4n) is 1.85. The second-order valence-corrected chi connectivity index (χ2v) is 4.98. The van der Waals surface area contributed by atoms with E-state index in [0.29, 0.717) is 17.0 Å². The maximum absolute atomic E-state index is 12.1. The third kappa shape index (κ3) is 3.42. The van der Waals surface area contributed by atoms with E-state index in [2.05, 4.69) is 11.9 Å². The summed E-state index contributed by atoms with van der Waals surface area (Å²) < 4.78 is 0. The van der Waals surface area contributed by atoms with Crippen LogP contribution in [0, 0.1) is 6.92 Å². The molecule has 19 heavy (non-hydrogen) atoms. The molecule has 0 unspecified atom stereocenters. The molecule has 0 amide bonds. The van der Waals surface area contributed by atoms with E-state index in [9.17, 15) is 4.79 Å². The van der Waals surface area contributed by atoms with Crippen LogP contribution in [0.4, 0.5) is 0 Å². The highest BCUT2D eigenvalue weighted by Gasteiger charge is 2.09. The van der Waals surface area contributed by atoms with E-state index in [1.165, 1.54) is 5.56 Å². The number of aromatic nitrogens is 1. The van der Waals surface area contributed by atoms with E-state index >= 15 is 0 Å². The molecule has 2 aromatic rings. The fraction of sp³-hybridized carbons (Fsp3) is 0.250. The first-order chi connectivity index (χ1) is 9.10. The molecular weight excluding hydrogens is 258 g/mol. The molecule has 0 radical (unpaired) electrons. The van der Waals surface area contributed by atoms with Crippen LogP contribution >= 0.6 is 11.6 Å². The van der Waals surface area contributed by atoms with Gasteiger partial charge >= 0.3 is 0 Å². The molecule has 1 aromatic heterocycles. The van der Waals surface area contributed by atoms with Gasteiger partial charge in [0.1, 0.15) is 0 Å². The maximum atomic E-state index is 12.1. The number of rotatable bonds is 4. The summed E-state index contributed by atoms with van der Waals surface area (Å²) in [6.07, 6.45) is 3.11. The zero-order valence-electron chi connectivity index (χ0n) is 11.1. The summed E-state index contributed by atoms with van der Waals surface area (Å²) in [5, 5.41) is 0.682. The lowest BCUT2D eigenvalue weighted by molar-refractivity contribution is 0.0992. The summed E-state index contributed by atoms with van der Waals surface area (Å²) >= 11 is 5.96. The summed E-state index contributed by atoms with van der Waals surface area (Å²) in [4.78, 5) is 16.5. The van der Waals surface area contributed by atoms with Gasteiger partial charge in [0.2, 0.25) is 0 Å². The van der Waals surface area contributed by atoms with Crippen molar-refractivity contribution in [3.8, 4) is 0 Å². The molecule has 0 bridgehead atoms. The van der Waals surface area contributed by atoms with Crippen molar-refractivity contribution in [1.29, 1.82) is 0 Å². The van der Waals surface area contributed by atoms with Gasteiger partial charge in [-0.3, -0.25) is 9.78 Å². The van der Waals surface area contributed by atoms with Gasteiger partial charge in [-0.1, -0.05) is 24.6 Å². The Morgan fingerprint density at radius 2 is 2.05 bits per heavy atom. The van der Waals surface area contributed by atoms with Crippen LogP contribution in [0.1, 0.15) is 34.1 Å². The Bertz CT molecular complexity index is 590. The van der Waals surface area contributed by atoms with Gasteiger partial charge in [-0.15, -0.1) is 0 Å². The molecule has 0 N–H and O–H groups in total. The van der Waals surface area contributed by atoms with Crippen molar-refractivity contribution >= 4 is 17.4 Å². The first-order valence-electron chi connectivity index (χ1n) is 6.33. The van der Waals surface area contributed by atoms with Crippen molar-refractivity contribution < 1.29 is 4.79 Å². The van der Waals surface area contributed by atoms with Gasteiger partial charge in [0.25, 0.3) is 0 Å². The average Bonchev–Trinajstić information content (AvgIpc) is 2.42. The number of nitrogens with zero attached hydrogens (tertiary/aromatic N) is 1. The van der Waals surface area contributed by atoms with Gasteiger partial charge in [0.05, 0.1) is 6.42 Å². The van der Waals surface area contributed by atoms with E-state index in [0.717, 1.165) is 17.7 Å². The molecule has 1 heterocycles. The molecule has 3 heteroatoms. The van der Waals surface area contributed by atoms with Gasteiger partial charge in [0, 0.05) is 22.5 Å². The molecular formula is C16H16ClNO. The molecule has 1 aromatic carbocycles. The highest BCUT2D eigenvalue weighted by atomic mass is 35.5. The van der Waals surface area contributed by atoms with Crippen LogP contribution in [0.5, 0.6) is 0 Å². The number of hydrogen-bond acceptors (Lipinski definition) is 2. The lowest BCUT2D eigenvalue weighted by atomic mass is 10.0. The van der Waals surface area contributed by atoms with E-state index in [4.69, 9.17) is 11.6 Å². The molecule has 0 fully saturated rings. The Labute approximate surface area is 118 Å². The Morgan fingerprint density at radius 1 is 1.26 bits per heavy atom. The van der Waals surface area contributed by atoms with Crippen LogP contribution in [-0.4, -0.2) is 10.8 Å². The molecule has 2 rings (SSSR count). The van der Waals surface area contributed by atoms with Crippen LogP contribution in [0.15, 0.2) is 36.5 Å². The van der Waals surface area contributed by atoms with Crippen LogP contribution < -0.4 is 0 Å². The molecule has 2 nitrogen and oxygen atoms in total. The number of pyridine rings is 1. The molecule has 0 aliphatic heterocycles. The van der Waals surface area contributed by atoms with Crippen molar-refractivity contribution in [1.82, 2.24) is 4.98 Å². The van der Waals surface area contributed by atoms with Gasteiger partial charge in [-0.25, -0.2) is 0 Å². The average molecular weight is 274 g/mol. The smallest absolute Gasteiger partial charge is 0.168 e. The minimum Gasteiger partial charge on any atom is -0.294 e. The second-order valence-electron chi connectivity index (χ2n) is 4.58. The fourth-order valence-corrected chi connectivity index (χ4v) is 1.97. The number of hydrogen-bond donors (Lipinski definition) is 0. The molecule has 0 aliphatic rings. The highest BCUT2D eigenvalue weighted by molar-refractivity contribution is 6.31. The molecule has 0 saturated carbocycles. The van der Waals surface area contributed by atoms with Gasteiger partial charge in [-0.05, 0) is 48.7 Å². The minimum atomic E-state index is 0.0662. The molecule has 98 valence electrons. The van der Waals surface area contributed by atoms with Gasteiger partial charge < -0.3 is 0 Å². The summed E-state index contributed by atoms with van der Waals surface area (Å²) in [5.74, 6) is 0.0662. The molecule has 0 aliphatic carbocycles. The quantitative estimate of drug-likeness (QED) is 0.787. The minimum absolute atomic E-state index is 0.0662. The number of carbonyl (C=O) groups excluding carboxylic acids is 1. The van der Waals surface area contributed by atoms with E-state index in [1.807, 2.05) is 31.3 Å². The molecule has 0 atom stereocenters. The predicted molar refractivity (Wildman–Crippen MR) is 77.8 cm³/mol. The van der Waals surface area contributed by atoms with Crippen molar-refractivity contribution in [3.05, 3.63) is 63.9 Å². The van der Waals surface area contributed by atoms with Crippen LogP contribution in [-0.2, 0) is 12.8 Å². The van der Waals surface area contributed by atoms with Crippen LogP contribution in [0.25, 0.3) is 0 Å². The largest absolute Gasteiger partial charge is 0.294 e. The Morgan fingerprint density at radius 3 is 2.63 bits per heavy atom. The first kappa shape index (κ1) is 13.8. The highest BCUT2D eigenvalue weighted by Crippen LogP contribution is 2.17. The standard InChI is InChI=1S/C16H16ClNO/c1-3-12-4-6-14(18-10-12)9-16(19)13-5-7-15(17)11(2)8-13/h4-8,10H,3,9H2,1-2H3. The second kappa shape index (κ2) is 5.98. The number of halogens is 1.